The molecule has 0 aliphatic rings. The number of sulfonamides is 1. The van der Waals surface area contributed by atoms with Crippen molar-refractivity contribution in [2.24, 2.45) is 5.10 Å². The van der Waals surface area contributed by atoms with E-state index in [0.717, 1.165) is 22.4 Å². The summed E-state index contributed by atoms with van der Waals surface area (Å²) in [5, 5.41) is 15.7. The fourth-order valence-corrected chi connectivity index (χ4v) is 4.97. The van der Waals surface area contributed by atoms with Crippen molar-refractivity contribution >= 4 is 38.6 Å². The fraction of sp³-hybridized carbons (Fsp3) is 0.0769. The molecule has 2 N–H and O–H groups in total. The first kappa shape index (κ1) is 23.9. The maximum absolute atomic E-state index is 14.6. The first-order chi connectivity index (χ1) is 16.8. The summed E-state index contributed by atoms with van der Waals surface area (Å²) < 4.78 is 41.9. The van der Waals surface area contributed by atoms with Crippen LogP contribution in [0, 0.1) is 12.7 Å². The van der Waals surface area contributed by atoms with Crippen LogP contribution < -0.4 is 9.73 Å². The Morgan fingerprint density at radius 1 is 1.00 bits per heavy atom. The van der Waals surface area contributed by atoms with E-state index in [2.05, 4.69) is 10.5 Å². The molecule has 9 heteroatoms. The van der Waals surface area contributed by atoms with Crippen molar-refractivity contribution in [3.05, 3.63) is 102 Å². The van der Waals surface area contributed by atoms with Gasteiger partial charge in [0.1, 0.15) is 18.1 Å². The maximum Gasteiger partial charge on any atom is 0.264 e. The molecule has 0 aliphatic carbocycles. The zero-order chi connectivity index (χ0) is 25.0. The number of phenolic OH excluding ortho intramolecular Hbond substituents is 1. The number of amides is 1. The predicted octanol–water partition coefficient (Wildman–Crippen LogP) is 4.34. The molecule has 0 aromatic heterocycles. The summed E-state index contributed by atoms with van der Waals surface area (Å²) in [6.45, 7) is 1.10. The van der Waals surface area contributed by atoms with Gasteiger partial charge in [-0.2, -0.15) is 5.10 Å². The lowest BCUT2D eigenvalue weighted by molar-refractivity contribution is -0.119. The van der Waals surface area contributed by atoms with Crippen LogP contribution in [0.4, 0.5) is 10.1 Å². The highest BCUT2D eigenvalue weighted by Crippen LogP contribution is 2.27. The first-order valence-corrected chi connectivity index (χ1v) is 12.1. The van der Waals surface area contributed by atoms with Crippen LogP contribution in [0.2, 0.25) is 0 Å². The minimum absolute atomic E-state index is 0.0309. The third-order valence-electron chi connectivity index (χ3n) is 5.35. The Morgan fingerprint density at radius 3 is 2.43 bits per heavy atom. The van der Waals surface area contributed by atoms with Crippen LogP contribution in [-0.2, 0) is 14.8 Å². The highest BCUT2D eigenvalue weighted by atomic mass is 32.2. The van der Waals surface area contributed by atoms with Crippen LogP contribution >= 0.6 is 0 Å². The second kappa shape index (κ2) is 9.94. The number of para-hydroxylation sites is 1. The number of carbonyl (C=O) groups excluding carboxylic acids is 1. The number of hydrogen-bond donors (Lipinski definition) is 2. The molecule has 0 bridgehead atoms. The Kier molecular flexibility index (Phi) is 6.79. The number of hydrazone groups is 1. The van der Waals surface area contributed by atoms with E-state index < -0.39 is 28.3 Å². The minimum atomic E-state index is -4.26. The van der Waals surface area contributed by atoms with Gasteiger partial charge in [0.2, 0.25) is 0 Å². The molecule has 1 amide bonds. The molecule has 0 saturated heterocycles. The van der Waals surface area contributed by atoms with E-state index in [1.165, 1.54) is 42.6 Å². The number of carbonyl (C=O) groups is 1. The summed E-state index contributed by atoms with van der Waals surface area (Å²) in [4.78, 5) is 12.6. The number of phenols is 1. The lowest BCUT2D eigenvalue weighted by atomic mass is 10.0. The zero-order valence-corrected chi connectivity index (χ0v) is 19.5. The largest absolute Gasteiger partial charge is 0.507 e. The highest BCUT2D eigenvalue weighted by molar-refractivity contribution is 7.92. The normalized spacial score (nSPS) is 11.6. The third kappa shape index (κ3) is 5.15. The quantitative estimate of drug-likeness (QED) is 0.297. The van der Waals surface area contributed by atoms with Crippen LogP contribution in [0.15, 0.2) is 94.9 Å². The molecule has 4 rings (SSSR count). The number of fused-ring (bicyclic) bond motifs is 1. The molecule has 4 aromatic rings. The van der Waals surface area contributed by atoms with E-state index >= 15 is 0 Å². The summed E-state index contributed by atoms with van der Waals surface area (Å²) in [6.07, 6.45) is 1.28. The van der Waals surface area contributed by atoms with E-state index in [1.54, 1.807) is 30.3 Å². The number of hydrogen-bond acceptors (Lipinski definition) is 5. The average Bonchev–Trinajstić information content (AvgIpc) is 2.84. The van der Waals surface area contributed by atoms with E-state index in [-0.39, 0.29) is 16.3 Å². The number of aromatic hydroxyl groups is 1. The van der Waals surface area contributed by atoms with Crippen LogP contribution in [0.3, 0.4) is 0 Å². The summed E-state index contributed by atoms with van der Waals surface area (Å²) in [6, 6.07) is 21.9. The number of nitrogens with one attached hydrogen (secondary N) is 1. The smallest absolute Gasteiger partial charge is 0.264 e. The number of benzene rings is 4. The summed E-state index contributed by atoms with van der Waals surface area (Å²) >= 11 is 0. The van der Waals surface area contributed by atoms with Crippen molar-refractivity contribution in [3.63, 3.8) is 0 Å². The maximum atomic E-state index is 14.6. The topological polar surface area (TPSA) is 99.1 Å². The van der Waals surface area contributed by atoms with Gasteiger partial charge in [-0.25, -0.2) is 18.2 Å². The summed E-state index contributed by atoms with van der Waals surface area (Å²) in [5.41, 5.74) is 3.24. The molecule has 0 atom stereocenters. The molecule has 0 saturated carbocycles. The summed E-state index contributed by atoms with van der Waals surface area (Å²) in [7, 11) is -4.26. The Morgan fingerprint density at radius 2 is 1.69 bits per heavy atom. The molecule has 0 radical (unpaired) electrons. The number of nitrogens with zero attached hydrogens (tertiary/aromatic N) is 2. The lowest BCUT2D eigenvalue weighted by Gasteiger charge is -2.24. The zero-order valence-electron chi connectivity index (χ0n) is 18.7. The summed E-state index contributed by atoms with van der Waals surface area (Å²) in [5.74, 6) is -1.61. The predicted molar refractivity (Wildman–Crippen MR) is 133 cm³/mol. The Hall–Kier alpha value is -4.24. The van der Waals surface area contributed by atoms with Crippen LogP contribution in [0.1, 0.15) is 11.1 Å². The van der Waals surface area contributed by atoms with Crippen molar-refractivity contribution in [1.82, 2.24) is 5.43 Å². The van der Waals surface area contributed by atoms with Crippen LogP contribution in [0.5, 0.6) is 5.75 Å². The molecule has 0 aliphatic heterocycles. The lowest BCUT2D eigenvalue weighted by Crippen LogP contribution is -2.40. The average molecular weight is 492 g/mol. The third-order valence-corrected chi connectivity index (χ3v) is 7.12. The van der Waals surface area contributed by atoms with Crippen molar-refractivity contribution in [1.29, 1.82) is 0 Å². The van der Waals surface area contributed by atoms with E-state index in [0.29, 0.717) is 9.87 Å². The fourth-order valence-electron chi connectivity index (χ4n) is 3.55. The van der Waals surface area contributed by atoms with E-state index in [4.69, 9.17) is 0 Å². The highest BCUT2D eigenvalue weighted by Gasteiger charge is 2.29. The SMILES string of the molecule is Cc1ccc(S(=O)(=O)N(CC(=O)N/N=C/c2c(O)ccc3ccccc23)c2ccccc2F)cc1. The standard InChI is InChI=1S/C26H22FN3O4S/c1-18-10-13-20(14-11-18)35(33,34)30(24-9-5-4-8-23(24)27)17-26(32)29-28-16-22-21-7-3-2-6-19(21)12-15-25(22)31/h2-16,31H,17H2,1H3,(H,29,32)/b28-16+. The van der Waals surface area contributed by atoms with Gasteiger partial charge in [-0.15, -0.1) is 0 Å². The van der Waals surface area contributed by atoms with Gasteiger partial charge in [0, 0.05) is 5.56 Å². The van der Waals surface area contributed by atoms with Gasteiger partial charge in [0.25, 0.3) is 15.9 Å². The van der Waals surface area contributed by atoms with E-state index in [9.17, 15) is 22.7 Å². The van der Waals surface area contributed by atoms with Gasteiger partial charge in [-0.05, 0) is 48.0 Å². The second-order valence-electron chi connectivity index (χ2n) is 7.79. The van der Waals surface area contributed by atoms with E-state index in [1.807, 2.05) is 19.1 Å². The van der Waals surface area contributed by atoms with Crippen molar-refractivity contribution in [2.45, 2.75) is 11.8 Å². The number of rotatable bonds is 7. The first-order valence-electron chi connectivity index (χ1n) is 10.6. The Balaban J connectivity index is 1.61. The van der Waals surface area contributed by atoms with Crippen molar-refractivity contribution in [3.8, 4) is 5.75 Å². The Labute approximate surface area is 202 Å². The van der Waals surface area contributed by atoms with Crippen LogP contribution in [0.25, 0.3) is 10.8 Å². The van der Waals surface area contributed by atoms with Crippen LogP contribution in [-0.4, -0.2) is 32.2 Å². The van der Waals surface area contributed by atoms with Gasteiger partial charge >= 0.3 is 0 Å². The van der Waals surface area contributed by atoms with Gasteiger partial charge in [0.15, 0.2) is 0 Å². The molecular weight excluding hydrogens is 469 g/mol. The molecular formula is C26H22FN3O4S. The molecule has 7 nitrogen and oxygen atoms in total. The Bertz CT molecular complexity index is 1520. The molecule has 0 unspecified atom stereocenters. The molecule has 0 fully saturated rings. The van der Waals surface area contributed by atoms with Crippen molar-refractivity contribution < 1.29 is 22.7 Å². The molecule has 178 valence electrons. The number of anilines is 1. The molecule has 4 aromatic carbocycles. The molecule has 35 heavy (non-hydrogen) atoms. The monoisotopic (exact) mass is 491 g/mol. The van der Waals surface area contributed by atoms with Gasteiger partial charge < -0.3 is 5.11 Å². The number of aryl methyl sites for hydroxylation is 1. The molecule has 0 spiro atoms. The van der Waals surface area contributed by atoms with Gasteiger partial charge in [0.05, 0.1) is 16.8 Å². The second-order valence-corrected chi connectivity index (χ2v) is 9.65. The van der Waals surface area contributed by atoms with Crippen molar-refractivity contribution in [2.75, 3.05) is 10.8 Å². The number of halogens is 1. The van der Waals surface area contributed by atoms with Gasteiger partial charge in [-0.1, -0.05) is 60.2 Å². The van der Waals surface area contributed by atoms with Gasteiger partial charge in [-0.3, -0.25) is 9.10 Å². The minimum Gasteiger partial charge on any atom is -0.507 e. The molecule has 0 heterocycles.